The molecule has 0 unspecified atom stereocenters. The predicted octanol–water partition coefficient (Wildman–Crippen LogP) is 0.355. The number of hydrogen-bond donors (Lipinski definition) is 2. The Morgan fingerprint density at radius 2 is 2.11 bits per heavy atom. The summed E-state index contributed by atoms with van der Waals surface area (Å²) in [6.07, 6.45) is 0.828. The van der Waals surface area contributed by atoms with Gasteiger partial charge in [-0.15, -0.1) is 10.2 Å². The van der Waals surface area contributed by atoms with Crippen molar-refractivity contribution in [3.63, 3.8) is 0 Å². The van der Waals surface area contributed by atoms with Crippen LogP contribution in [0.1, 0.15) is 12.8 Å². The normalized spacial score (nSPS) is 33.6. The van der Waals surface area contributed by atoms with Crippen molar-refractivity contribution in [3.05, 3.63) is 5.51 Å². The molecule has 1 aromatic rings. The fourth-order valence-electron chi connectivity index (χ4n) is 2.74. The fraction of sp³-hybridized carbons (Fsp3) is 0.600. The highest BCUT2D eigenvalue weighted by atomic mass is 32.1. The van der Waals surface area contributed by atoms with Gasteiger partial charge in [0.1, 0.15) is 5.51 Å². The molecule has 3 heterocycles. The van der Waals surface area contributed by atoms with Crippen LogP contribution in [0, 0.1) is 11.8 Å². The maximum absolute atomic E-state index is 12.1. The third-order valence-electron chi connectivity index (χ3n) is 3.45. The van der Waals surface area contributed by atoms with Gasteiger partial charge in [0.2, 0.25) is 11.0 Å². The van der Waals surface area contributed by atoms with Crippen LogP contribution in [-0.2, 0) is 14.3 Å². The first kappa shape index (κ1) is 11.5. The number of nitrogens with zero attached hydrogens (tertiary/aromatic N) is 2. The summed E-state index contributed by atoms with van der Waals surface area (Å²) >= 11 is 1.20. The number of carboxylic acids is 1. The quantitative estimate of drug-likeness (QED) is 0.821. The summed E-state index contributed by atoms with van der Waals surface area (Å²) in [4.78, 5) is 23.3. The van der Waals surface area contributed by atoms with Gasteiger partial charge in [0.25, 0.3) is 0 Å². The average molecular weight is 269 g/mol. The maximum atomic E-state index is 12.1. The number of nitrogens with one attached hydrogen (secondary N) is 1. The van der Waals surface area contributed by atoms with E-state index in [4.69, 9.17) is 4.74 Å². The van der Waals surface area contributed by atoms with Gasteiger partial charge in [-0.3, -0.25) is 9.59 Å². The Hall–Kier alpha value is -1.54. The predicted molar refractivity (Wildman–Crippen MR) is 61.0 cm³/mol. The van der Waals surface area contributed by atoms with Gasteiger partial charge >= 0.3 is 5.97 Å². The van der Waals surface area contributed by atoms with Gasteiger partial charge in [-0.05, 0) is 12.8 Å². The first-order valence-electron chi connectivity index (χ1n) is 5.62. The molecule has 8 heteroatoms. The van der Waals surface area contributed by atoms with E-state index in [1.807, 2.05) is 0 Å². The number of rotatable bonds is 3. The molecule has 0 spiro atoms. The number of hydrogen-bond acceptors (Lipinski definition) is 6. The molecule has 2 aliphatic heterocycles. The molecule has 0 aliphatic carbocycles. The van der Waals surface area contributed by atoms with Crippen molar-refractivity contribution in [2.24, 2.45) is 11.8 Å². The van der Waals surface area contributed by atoms with E-state index in [0.29, 0.717) is 11.6 Å². The molecule has 0 radical (unpaired) electrons. The van der Waals surface area contributed by atoms with Crippen molar-refractivity contribution in [3.8, 4) is 0 Å². The number of ether oxygens (including phenoxy) is 1. The van der Waals surface area contributed by atoms with Gasteiger partial charge in [0.15, 0.2) is 0 Å². The summed E-state index contributed by atoms with van der Waals surface area (Å²) in [6.45, 7) is 0. The summed E-state index contributed by atoms with van der Waals surface area (Å²) in [5, 5.41) is 19.5. The van der Waals surface area contributed by atoms with E-state index < -0.39 is 17.8 Å². The summed E-state index contributed by atoms with van der Waals surface area (Å²) in [5.41, 5.74) is 1.50. The smallest absolute Gasteiger partial charge is 0.310 e. The molecule has 2 fully saturated rings. The van der Waals surface area contributed by atoms with E-state index in [9.17, 15) is 14.7 Å². The third-order valence-corrected chi connectivity index (χ3v) is 4.06. The number of carbonyl (C=O) groups excluding carboxylic acids is 1. The second kappa shape index (κ2) is 4.29. The maximum Gasteiger partial charge on any atom is 0.310 e. The fourth-order valence-corrected chi connectivity index (χ4v) is 3.19. The highest BCUT2D eigenvalue weighted by molar-refractivity contribution is 7.13. The van der Waals surface area contributed by atoms with Crippen LogP contribution < -0.4 is 5.32 Å². The van der Waals surface area contributed by atoms with Gasteiger partial charge in [-0.25, -0.2) is 0 Å². The first-order valence-corrected chi connectivity index (χ1v) is 6.50. The van der Waals surface area contributed by atoms with Crippen LogP contribution in [0.25, 0.3) is 0 Å². The lowest BCUT2D eigenvalue weighted by atomic mass is 9.79. The van der Waals surface area contributed by atoms with Crippen LogP contribution in [0.15, 0.2) is 5.51 Å². The Kier molecular flexibility index (Phi) is 2.75. The zero-order valence-electron chi connectivity index (χ0n) is 9.28. The van der Waals surface area contributed by atoms with Crippen molar-refractivity contribution >= 4 is 28.3 Å². The average Bonchev–Trinajstić information content (AvgIpc) is 3.03. The van der Waals surface area contributed by atoms with Gasteiger partial charge in [-0.2, -0.15) is 0 Å². The van der Waals surface area contributed by atoms with Crippen LogP contribution in [0.2, 0.25) is 0 Å². The largest absolute Gasteiger partial charge is 0.481 e. The highest BCUT2D eigenvalue weighted by Crippen LogP contribution is 2.44. The van der Waals surface area contributed by atoms with Crippen molar-refractivity contribution < 1.29 is 19.4 Å². The minimum Gasteiger partial charge on any atom is -0.481 e. The molecule has 1 amide bonds. The molecule has 96 valence electrons. The first-order chi connectivity index (χ1) is 8.66. The zero-order valence-corrected chi connectivity index (χ0v) is 10.1. The van der Waals surface area contributed by atoms with E-state index in [1.165, 1.54) is 16.8 Å². The number of fused-ring (bicyclic) bond motifs is 2. The summed E-state index contributed by atoms with van der Waals surface area (Å²) in [5.74, 6) is -2.70. The Morgan fingerprint density at radius 1 is 1.39 bits per heavy atom. The van der Waals surface area contributed by atoms with Crippen molar-refractivity contribution in [1.82, 2.24) is 10.2 Å². The number of anilines is 1. The minimum atomic E-state index is -0.973. The zero-order chi connectivity index (χ0) is 12.7. The van der Waals surface area contributed by atoms with E-state index in [1.54, 1.807) is 0 Å². The molecule has 18 heavy (non-hydrogen) atoms. The third kappa shape index (κ3) is 1.77. The van der Waals surface area contributed by atoms with E-state index in [0.717, 1.165) is 6.42 Å². The van der Waals surface area contributed by atoms with Gasteiger partial charge in [0.05, 0.1) is 24.0 Å². The van der Waals surface area contributed by atoms with Gasteiger partial charge in [0, 0.05) is 0 Å². The number of aliphatic carboxylic acids is 1. The molecule has 0 saturated carbocycles. The standard InChI is InChI=1S/C10H11N3O4S/c14-8(12-10-13-11-3-18-10)6-4-1-2-5(17-4)7(6)9(15)16/h3-7H,1-2H2,(H,15,16)(H,12,13,14)/t4-,5-,6+,7-/m0/s1. The van der Waals surface area contributed by atoms with E-state index >= 15 is 0 Å². The number of carboxylic acid groups (broad SMARTS) is 1. The Balaban J connectivity index is 1.78. The van der Waals surface area contributed by atoms with Crippen LogP contribution in [0.3, 0.4) is 0 Å². The van der Waals surface area contributed by atoms with Gasteiger partial charge < -0.3 is 15.2 Å². The topological polar surface area (TPSA) is 101 Å². The molecule has 2 aliphatic rings. The van der Waals surface area contributed by atoms with E-state index in [-0.39, 0.29) is 18.1 Å². The summed E-state index contributed by atoms with van der Waals surface area (Å²) in [6, 6.07) is 0. The Bertz CT molecular complexity index is 477. The molecule has 1 aromatic heterocycles. The number of aromatic nitrogens is 2. The summed E-state index contributed by atoms with van der Waals surface area (Å²) < 4.78 is 5.52. The number of amides is 1. The molecular formula is C10H11N3O4S. The Labute approximate surface area is 106 Å². The SMILES string of the molecule is O=C(O)[C@@H]1[C@H](C(=O)Nc2nncs2)[C@@H]2CC[C@@H]1O2. The number of carbonyl (C=O) groups is 2. The van der Waals surface area contributed by atoms with Crippen LogP contribution in [-0.4, -0.2) is 39.4 Å². The highest BCUT2D eigenvalue weighted by Gasteiger charge is 2.55. The lowest BCUT2D eigenvalue weighted by molar-refractivity contribution is -0.147. The van der Waals surface area contributed by atoms with Crippen LogP contribution in [0.5, 0.6) is 0 Å². The molecule has 3 rings (SSSR count). The lowest BCUT2D eigenvalue weighted by Crippen LogP contribution is -2.40. The summed E-state index contributed by atoms with van der Waals surface area (Å²) in [7, 11) is 0. The van der Waals surface area contributed by atoms with Gasteiger partial charge in [-0.1, -0.05) is 11.3 Å². The second-order valence-corrected chi connectivity index (χ2v) is 5.25. The Morgan fingerprint density at radius 3 is 2.72 bits per heavy atom. The monoisotopic (exact) mass is 269 g/mol. The van der Waals surface area contributed by atoms with Crippen LogP contribution >= 0.6 is 11.3 Å². The van der Waals surface area contributed by atoms with Crippen molar-refractivity contribution in [2.45, 2.75) is 25.0 Å². The molecule has 7 nitrogen and oxygen atoms in total. The molecule has 2 N–H and O–H groups in total. The van der Waals surface area contributed by atoms with Crippen molar-refractivity contribution in [2.75, 3.05) is 5.32 Å². The molecule has 4 atom stereocenters. The molecule has 2 saturated heterocycles. The molecular weight excluding hydrogens is 258 g/mol. The van der Waals surface area contributed by atoms with Crippen molar-refractivity contribution in [1.29, 1.82) is 0 Å². The van der Waals surface area contributed by atoms with Crippen LogP contribution in [0.4, 0.5) is 5.13 Å². The van der Waals surface area contributed by atoms with E-state index in [2.05, 4.69) is 15.5 Å². The second-order valence-electron chi connectivity index (χ2n) is 4.41. The minimum absolute atomic E-state index is 0.288. The molecule has 0 aromatic carbocycles. The molecule has 2 bridgehead atoms. The lowest BCUT2D eigenvalue weighted by Gasteiger charge is -2.23.